The maximum Gasteiger partial charge on any atom is 0.305 e. The van der Waals surface area contributed by atoms with Gasteiger partial charge in [0.25, 0.3) is 0 Å². The SMILES string of the molecule is CCCCCC/C=C\C/C=C\CCCCCCCCCC(=O)OCCCCCCCCCCCCCCC/C=C\C/C=C\CCCCCCCCCCCCCCCCCCCC(=O)NC(CO)C(O)/C=C/CCCCCCCCCCCCCCCCCCC. The summed E-state index contributed by atoms with van der Waals surface area (Å²) in [7, 11) is 0. The van der Waals surface area contributed by atoms with Crippen LogP contribution in [0.25, 0.3) is 0 Å². The second kappa shape index (κ2) is 80.0. The molecule has 0 aromatic rings. The van der Waals surface area contributed by atoms with Crippen molar-refractivity contribution in [3.8, 4) is 0 Å². The lowest BCUT2D eigenvalue weighted by atomic mass is 10.0. The highest BCUT2D eigenvalue weighted by Crippen LogP contribution is 2.19. The number of hydrogen-bond donors (Lipinski definition) is 3. The van der Waals surface area contributed by atoms with Crippen LogP contribution >= 0.6 is 0 Å². The predicted octanol–water partition coefficient (Wildman–Crippen LogP) is 27.3. The first-order valence-electron chi connectivity index (χ1n) is 41.1. The maximum absolute atomic E-state index is 12.5. The molecule has 0 saturated heterocycles. The zero-order valence-corrected chi connectivity index (χ0v) is 61.3. The molecule has 0 aliphatic rings. The Balaban J connectivity index is 3.38. The molecule has 0 fully saturated rings. The van der Waals surface area contributed by atoms with E-state index in [2.05, 4.69) is 67.8 Å². The summed E-state index contributed by atoms with van der Waals surface area (Å²) >= 11 is 0. The number of rotatable bonds is 77. The van der Waals surface area contributed by atoms with Crippen LogP contribution in [0.2, 0.25) is 0 Å². The summed E-state index contributed by atoms with van der Waals surface area (Å²) in [4.78, 5) is 24.7. The summed E-state index contributed by atoms with van der Waals surface area (Å²) in [5, 5.41) is 23.3. The molecule has 0 rings (SSSR count). The van der Waals surface area contributed by atoms with Crippen LogP contribution in [0, 0.1) is 0 Å². The molecule has 0 aliphatic carbocycles. The number of amides is 1. The Bertz CT molecular complexity index is 1570. The number of carbonyl (C=O) groups excluding carboxylic acids is 2. The Morgan fingerprint density at radius 2 is 0.549 bits per heavy atom. The van der Waals surface area contributed by atoms with Gasteiger partial charge in [0.1, 0.15) is 0 Å². The van der Waals surface area contributed by atoms with Crippen LogP contribution in [-0.2, 0) is 14.3 Å². The lowest BCUT2D eigenvalue weighted by Gasteiger charge is -2.20. The smallest absolute Gasteiger partial charge is 0.305 e. The molecule has 6 heteroatoms. The van der Waals surface area contributed by atoms with Crippen LogP contribution in [0.1, 0.15) is 444 Å². The zero-order chi connectivity index (χ0) is 65.6. The molecule has 2 unspecified atom stereocenters. The minimum absolute atomic E-state index is 0.0115. The number of unbranched alkanes of at least 4 members (excludes halogenated alkanes) is 58. The Morgan fingerprint density at radius 3 is 0.846 bits per heavy atom. The van der Waals surface area contributed by atoms with Gasteiger partial charge in [-0.05, 0) is 96.3 Å². The number of carbonyl (C=O) groups is 2. The van der Waals surface area contributed by atoms with Gasteiger partial charge in [-0.25, -0.2) is 0 Å². The Kier molecular flexibility index (Phi) is 77.9. The molecule has 1 amide bonds. The summed E-state index contributed by atoms with van der Waals surface area (Å²) in [5.74, 6) is -0.0502. The van der Waals surface area contributed by atoms with Crippen molar-refractivity contribution in [1.29, 1.82) is 0 Å². The third kappa shape index (κ3) is 76.5. The van der Waals surface area contributed by atoms with Crippen molar-refractivity contribution in [2.75, 3.05) is 13.2 Å². The summed E-state index contributed by atoms with van der Waals surface area (Å²) in [6, 6.07) is -0.627. The molecular weight excluding hydrogens is 1110 g/mol. The van der Waals surface area contributed by atoms with Crippen molar-refractivity contribution in [2.45, 2.75) is 456 Å². The molecule has 2 atom stereocenters. The number of nitrogens with one attached hydrogen (secondary N) is 1. The summed E-state index contributed by atoms with van der Waals surface area (Å²) in [6.07, 6.45) is 108. The number of esters is 1. The molecule has 0 spiro atoms. The van der Waals surface area contributed by atoms with E-state index in [9.17, 15) is 19.8 Å². The molecule has 91 heavy (non-hydrogen) atoms. The molecule has 0 saturated carbocycles. The van der Waals surface area contributed by atoms with Crippen molar-refractivity contribution in [3.63, 3.8) is 0 Å². The minimum atomic E-state index is -0.844. The van der Waals surface area contributed by atoms with Crippen LogP contribution in [0.4, 0.5) is 0 Å². The number of ether oxygens (including phenoxy) is 1. The molecule has 6 nitrogen and oxygen atoms in total. The molecule has 0 bridgehead atoms. The van der Waals surface area contributed by atoms with Crippen LogP contribution in [0.5, 0.6) is 0 Å². The van der Waals surface area contributed by atoms with E-state index >= 15 is 0 Å². The van der Waals surface area contributed by atoms with Crippen molar-refractivity contribution >= 4 is 11.9 Å². The van der Waals surface area contributed by atoms with E-state index < -0.39 is 12.1 Å². The Labute approximate surface area is 569 Å². The molecule has 0 heterocycles. The molecule has 0 radical (unpaired) electrons. The van der Waals surface area contributed by atoms with Gasteiger partial charge in [-0.1, -0.05) is 396 Å². The van der Waals surface area contributed by atoms with Gasteiger partial charge in [-0.15, -0.1) is 0 Å². The molecule has 0 aromatic carbocycles. The lowest BCUT2D eigenvalue weighted by Crippen LogP contribution is -2.45. The highest BCUT2D eigenvalue weighted by atomic mass is 16.5. The third-order valence-corrected chi connectivity index (χ3v) is 19.0. The first kappa shape index (κ1) is 88.6. The van der Waals surface area contributed by atoms with E-state index in [1.807, 2.05) is 6.08 Å². The van der Waals surface area contributed by atoms with E-state index in [-0.39, 0.29) is 18.5 Å². The zero-order valence-electron chi connectivity index (χ0n) is 61.3. The second-order valence-corrected chi connectivity index (χ2v) is 28.1. The normalized spacial score (nSPS) is 12.8. The van der Waals surface area contributed by atoms with Gasteiger partial charge in [0.05, 0.1) is 25.4 Å². The Morgan fingerprint density at radius 1 is 0.308 bits per heavy atom. The fourth-order valence-corrected chi connectivity index (χ4v) is 12.8. The van der Waals surface area contributed by atoms with Crippen molar-refractivity contribution < 1.29 is 24.5 Å². The molecular formula is C85H159NO5. The minimum Gasteiger partial charge on any atom is -0.466 e. The predicted molar refractivity (Wildman–Crippen MR) is 402 cm³/mol. The van der Waals surface area contributed by atoms with Crippen molar-refractivity contribution in [2.24, 2.45) is 0 Å². The molecule has 3 N–H and O–H groups in total. The van der Waals surface area contributed by atoms with Gasteiger partial charge in [0.15, 0.2) is 0 Å². The molecule has 534 valence electrons. The van der Waals surface area contributed by atoms with Gasteiger partial charge in [0, 0.05) is 12.8 Å². The van der Waals surface area contributed by atoms with Crippen molar-refractivity contribution in [3.05, 3.63) is 60.8 Å². The summed E-state index contributed by atoms with van der Waals surface area (Å²) in [6.45, 7) is 4.92. The van der Waals surface area contributed by atoms with Crippen LogP contribution in [-0.4, -0.2) is 47.4 Å². The summed E-state index contributed by atoms with van der Waals surface area (Å²) < 4.78 is 5.51. The van der Waals surface area contributed by atoms with E-state index in [1.165, 1.54) is 360 Å². The highest BCUT2D eigenvalue weighted by Gasteiger charge is 2.18. The first-order valence-corrected chi connectivity index (χ1v) is 41.1. The lowest BCUT2D eigenvalue weighted by molar-refractivity contribution is -0.143. The van der Waals surface area contributed by atoms with Crippen LogP contribution < -0.4 is 5.32 Å². The van der Waals surface area contributed by atoms with E-state index in [0.29, 0.717) is 19.4 Å². The fraction of sp³-hybridized carbons (Fsp3) is 0.859. The van der Waals surface area contributed by atoms with E-state index in [1.54, 1.807) is 6.08 Å². The first-order chi connectivity index (χ1) is 45.0. The van der Waals surface area contributed by atoms with Gasteiger partial charge >= 0.3 is 5.97 Å². The summed E-state index contributed by atoms with van der Waals surface area (Å²) in [5.41, 5.74) is 0. The highest BCUT2D eigenvalue weighted by molar-refractivity contribution is 5.76. The standard InChI is InChI=1S/C85H159NO5/c1-3-5-7-9-11-13-15-17-19-21-42-45-49-53-57-61-65-69-73-77-83(88)82(81-87)86-84(89)78-74-70-66-62-58-54-50-46-43-40-38-36-34-32-30-28-26-24-23-25-27-29-31-33-35-37-39-41-44-48-52-56-60-64-68-72-76-80-91-85(90)79-75-71-67-63-59-55-51-47-22-20-18-16-14-12-10-8-6-4-2/h14,16,20,22-23,25,29,31,73,77,82-83,87-88H,3-13,15,17-19,21,24,26-28,30,32-72,74-76,78-81H2,1-2H3,(H,86,89)/b16-14-,22-20-,25-23-,31-29-,77-73+. The average molecular weight is 1280 g/mol. The number of allylic oxidation sites excluding steroid dienone is 9. The van der Waals surface area contributed by atoms with Gasteiger partial charge < -0.3 is 20.3 Å². The molecule has 0 aromatic heterocycles. The van der Waals surface area contributed by atoms with Gasteiger partial charge in [-0.3, -0.25) is 9.59 Å². The number of aliphatic hydroxyl groups is 2. The fourth-order valence-electron chi connectivity index (χ4n) is 12.8. The van der Waals surface area contributed by atoms with Crippen molar-refractivity contribution in [1.82, 2.24) is 5.32 Å². The maximum atomic E-state index is 12.5. The quantitative estimate of drug-likeness (QED) is 0.0320. The topological polar surface area (TPSA) is 95.9 Å². The van der Waals surface area contributed by atoms with Crippen LogP contribution in [0.3, 0.4) is 0 Å². The number of aliphatic hydroxyl groups excluding tert-OH is 2. The van der Waals surface area contributed by atoms with Gasteiger partial charge in [0.2, 0.25) is 5.91 Å². The Hall–Kier alpha value is -2.44. The van der Waals surface area contributed by atoms with Crippen LogP contribution in [0.15, 0.2) is 60.8 Å². The average Bonchev–Trinajstić information content (AvgIpc) is 3.65. The van der Waals surface area contributed by atoms with Gasteiger partial charge in [-0.2, -0.15) is 0 Å². The molecule has 0 aliphatic heterocycles. The van der Waals surface area contributed by atoms with E-state index in [4.69, 9.17) is 4.74 Å². The number of hydrogen-bond acceptors (Lipinski definition) is 5. The van der Waals surface area contributed by atoms with E-state index in [0.717, 1.165) is 57.8 Å². The largest absolute Gasteiger partial charge is 0.466 e. The second-order valence-electron chi connectivity index (χ2n) is 28.1. The third-order valence-electron chi connectivity index (χ3n) is 19.0. The monoisotopic (exact) mass is 1270 g/mol.